The number of benzene rings is 2. The second-order valence-corrected chi connectivity index (χ2v) is 8.92. The summed E-state index contributed by atoms with van der Waals surface area (Å²) >= 11 is 0. The van der Waals surface area contributed by atoms with Gasteiger partial charge in [-0.05, 0) is 35.1 Å². The number of carbonyl (C=O) groups is 3. The quantitative estimate of drug-likeness (QED) is 0.583. The first-order valence-corrected chi connectivity index (χ1v) is 11.6. The van der Waals surface area contributed by atoms with Crippen molar-refractivity contribution in [2.24, 2.45) is 13.0 Å². The molecule has 0 bridgehead atoms. The summed E-state index contributed by atoms with van der Waals surface area (Å²) < 4.78 is 6.97. The molecule has 2 aliphatic rings. The zero-order valence-electron chi connectivity index (χ0n) is 19.3. The topological polar surface area (TPSA) is 114 Å². The standard InChI is InChI=1S/C26H26N4O5/c1-29-23(13-22(28-29)24(31)30-12-6-7-16(14-30)25(32)33)27-26(34)35-15-21-19-10-4-2-8-17(19)18-9-3-5-11-20(18)21/h2-5,8-11,13,16,21H,6-7,12,14-15H2,1H3,(H,27,34)(H,32,33). The molecule has 1 aliphatic carbocycles. The summed E-state index contributed by atoms with van der Waals surface area (Å²) in [4.78, 5) is 38.3. The molecule has 9 heteroatoms. The second-order valence-electron chi connectivity index (χ2n) is 8.92. The molecule has 1 saturated heterocycles. The van der Waals surface area contributed by atoms with Gasteiger partial charge in [0.15, 0.2) is 5.69 Å². The third kappa shape index (κ3) is 4.37. The van der Waals surface area contributed by atoms with E-state index in [1.807, 2.05) is 24.3 Å². The molecule has 35 heavy (non-hydrogen) atoms. The molecular weight excluding hydrogens is 448 g/mol. The van der Waals surface area contributed by atoms with Gasteiger partial charge in [-0.1, -0.05) is 48.5 Å². The number of nitrogens with one attached hydrogen (secondary N) is 1. The lowest BCUT2D eigenvalue weighted by Gasteiger charge is -2.30. The monoisotopic (exact) mass is 474 g/mol. The average Bonchev–Trinajstić information content (AvgIpc) is 3.39. The minimum atomic E-state index is -0.902. The first-order valence-electron chi connectivity index (χ1n) is 11.6. The molecule has 1 fully saturated rings. The van der Waals surface area contributed by atoms with Crippen molar-refractivity contribution in [1.82, 2.24) is 14.7 Å². The number of rotatable bonds is 5. The molecule has 1 atom stereocenters. The third-order valence-electron chi connectivity index (χ3n) is 6.73. The lowest BCUT2D eigenvalue weighted by Crippen LogP contribution is -2.42. The van der Waals surface area contributed by atoms with Gasteiger partial charge in [0.2, 0.25) is 0 Å². The maximum Gasteiger partial charge on any atom is 0.412 e. The number of hydrogen-bond acceptors (Lipinski definition) is 5. The number of piperidine rings is 1. The minimum Gasteiger partial charge on any atom is -0.481 e. The molecule has 0 saturated carbocycles. The Morgan fingerprint density at radius 1 is 1.09 bits per heavy atom. The first kappa shape index (κ1) is 22.6. The van der Waals surface area contributed by atoms with Crippen molar-refractivity contribution in [3.63, 3.8) is 0 Å². The van der Waals surface area contributed by atoms with Gasteiger partial charge in [0.05, 0.1) is 5.92 Å². The van der Waals surface area contributed by atoms with Gasteiger partial charge in [-0.2, -0.15) is 5.10 Å². The summed E-state index contributed by atoms with van der Waals surface area (Å²) in [5, 5.41) is 16.1. The minimum absolute atomic E-state index is 0.0573. The fourth-order valence-electron chi connectivity index (χ4n) is 4.95. The predicted octanol–water partition coefficient (Wildman–Crippen LogP) is 3.72. The molecule has 1 unspecified atom stereocenters. The van der Waals surface area contributed by atoms with E-state index in [1.165, 1.54) is 15.6 Å². The highest BCUT2D eigenvalue weighted by atomic mass is 16.5. The van der Waals surface area contributed by atoms with E-state index in [0.29, 0.717) is 25.2 Å². The van der Waals surface area contributed by atoms with Crippen LogP contribution in [0.25, 0.3) is 11.1 Å². The molecule has 2 heterocycles. The summed E-state index contributed by atoms with van der Waals surface area (Å²) in [6.45, 7) is 0.808. The Morgan fingerprint density at radius 3 is 2.40 bits per heavy atom. The van der Waals surface area contributed by atoms with Gasteiger partial charge in [0, 0.05) is 32.1 Å². The number of aliphatic carboxylic acids is 1. The number of carbonyl (C=O) groups excluding carboxylic acids is 2. The molecule has 0 radical (unpaired) electrons. The van der Waals surface area contributed by atoms with Crippen molar-refractivity contribution in [3.8, 4) is 11.1 Å². The van der Waals surface area contributed by atoms with Gasteiger partial charge in [-0.15, -0.1) is 0 Å². The van der Waals surface area contributed by atoms with Crippen LogP contribution in [-0.2, 0) is 16.6 Å². The molecule has 2 aromatic carbocycles. The highest BCUT2D eigenvalue weighted by Crippen LogP contribution is 2.44. The molecule has 1 aromatic heterocycles. The van der Waals surface area contributed by atoms with Crippen molar-refractivity contribution in [2.75, 3.05) is 25.0 Å². The number of aryl methyl sites for hydroxylation is 1. The summed E-state index contributed by atoms with van der Waals surface area (Å²) in [6, 6.07) is 17.7. The number of likely N-dealkylation sites (tertiary alicyclic amines) is 1. The fraction of sp³-hybridized carbons (Fsp3) is 0.308. The maximum atomic E-state index is 12.9. The second kappa shape index (κ2) is 9.25. The third-order valence-corrected chi connectivity index (χ3v) is 6.73. The highest BCUT2D eigenvalue weighted by Gasteiger charge is 2.31. The molecule has 180 valence electrons. The van der Waals surface area contributed by atoms with Gasteiger partial charge in [0.1, 0.15) is 12.4 Å². The van der Waals surface area contributed by atoms with E-state index in [1.54, 1.807) is 7.05 Å². The van der Waals surface area contributed by atoms with E-state index in [9.17, 15) is 19.5 Å². The van der Waals surface area contributed by atoms with E-state index < -0.39 is 18.0 Å². The van der Waals surface area contributed by atoms with Crippen LogP contribution in [-0.4, -0.2) is 57.5 Å². The van der Waals surface area contributed by atoms with Crippen LogP contribution in [0, 0.1) is 5.92 Å². The van der Waals surface area contributed by atoms with Crippen molar-refractivity contribution in [3.05, 3.63) is 71.4 Å². The number of aromatic nitrogens is 2. The Kier molecular flexibility index (Phi) is 5.98. The van der Waals surface area contributed by atoms with Crippen LogP contribution in [0.3, 0.4) is 0 Å². The highest BCUT2D eigenvalue weighted by molar-refractivity contribution is 5.94. The zero-order chi connectivity index (χ0) is 24.5. The molecule has 5 rings (SSSR count). The largest absolute Gasteiger partial charge is 0.481 e. The van der Waals surface area contributed by atoms with Crippen molar-refractivity contribution < 1.29 is 24.2 Å². The van der Waals surface area contributed by atoms with E-state index in [-0.39, 0.29) is 30.7 Å². The summed E-state index contributed by atoms with van der Waals surface area (Å²) in [5.74, 6) is -1.57. The Labute approximate surface area is 202 Å². The number of ether oxygens (including phenoxy) is 1. The summed E-state index contributed by atoms with van der Waals surface area (Å²) in [7, 11) is 1.62. The van der Waals surface area contributed by atoms with Gasteiger partial charge >= 0.3 is 12.1 Å². The number of fused-ring (bicyclic) bond motifs is 3. The molecular formula is C26H26N4O5. The number of nitrogens with zero attached hydrogens (tertiary/aromatic N) is 3. The lowest BCUT2D eigenvalue weighted by molar-refractivity contribution is -0.143. The molecule has 9 nitrogen and oxygen atoms in total. The van der Waals surface area contributed by atoms with E-state index in [4.69, 9.17) is 4.74 Å². The zero-order valence-corrected chi connectivity index (χ0v) is 19.3. The van der Waals surface area contributed by atoms with Gasteiger partial charge < -0.3 is 14.7 Å². The molecule has 0 spiro atoms. The SMILES string of the molecule is Cn1nc(C(=O)N2CCCC(C(=O)O)C2)cc1NC(=O)OCC1c2ccccc2-c2ccccc21. The number of hydrogen-bond donors (Lipinski definition) is 2. The summed E-state index contributed by atoms with van der Waals surface area (Å²) in [6.07, 6.45) is 0.536. The Bertz CT molecular complexity index is 1250. The van der Waals surface area contributed by atoms with Crippen LogP contribution in [0.5, 0.6) is 0 Å². The normalized spacial score (nSPS) is 16.9. The summed E-state index contributed by atoms with van der Waals surface area (Å²) in [5.41, 5.74) is 4.68. The van der Waals surface area contributed by atoms with Crippen LogP contribution in [0.4, 0.5) is 10.6 Å². The molecule has 1 aliphatic heterocycles. The van der Waals surface area contributed by atoms with E-state index in [0.717, 1.165) is 22.3 Å². The van der Waals surface area contributed by atoms with Crippen LogP contribution >= 0.6 is 0 Å². The van der Waals surface area contributed by atoms with Crippen molar-refractivity contribution in [1.29, 1.82) is 0 Å². The first-order chi connectivity index (χ1) is 16.9. The molecule has 2 N–H and O–H groups in total. The van der Waals surface area contributed by atoms with Crippen molar-refractivity contribution in [2.45, 2.75) is 18.8 Å². The number of carboxylic acid groups (broad SMARTS) is 1. The Hall–Kier alpha value is -4.14. The van der Waals surface area contributed by atoms with Crippen LogP contribution in [0.15, 0.2) is 54.6 Å². The Morgan fingerprint density at radius 2 is 1.74 bits per heavy atom. The number of carboxylic acids is 1. The van der Waals surface area contributed by atoms with Crippen LogP contribution in [0.2, 0.25) is 0 Å². The van der Waals surface area contributed by atoms with Crippen LogP contribution < -0.4 is 5.32 Å². The molecule has 3 aromatic rings. The predicted molar refractivity (Wildman–Crippen MR) is 128 cm³/mol. The van der Waals surface area contributed by atoms with Crippen molar-refractivity contribution >= 4 is 23.8 Å². The smallest absolute Gasteiger partial charge is 0.412 e. The molecule has 2 amide bonds. The average molecular weight is 475 g/mol. The van der Waals surface area contributed by atoms with Gasteiger partial charge in [-0.3, -0.25) is 19.6 Å². The van der Waals surface area contributed by atoms with E-state index >= 15 is 0 Å². The van der Waals surface area contributed by atoms with Gasteiger partial charge in [0.25, 0.3) is 5.91 Å². The maximum absolute atomic E-state index is 12.9. The number of amides is 2. The fourth-order valence-corrected chi connectivity index (χ4v) is 4.95. The van der Waals surface area contributed by atoms with Crippen LogP contribution in [0.1, 0.15) is 40.4 Å². The van der Waals surface area contributed by atoms with Gasteiger partial charge in [-0.25, -0.2) is 4.79 Å². The van der Waals surface area contributed by atoms with E-state index in [2.05, 4.69) is 34.7 Å². The lowest BCUT2D eigenvalue weighted by atomic mass is 9.98. The Balaban J connectivity index is 1.24. The number of anilines is 1.